The van der Waals surface area contributed by atoms with Gasteiger partial charge in [0.1, 0.15) is 6.17 Å². The monoisotopic (exact) mass is 407 g/mol. The Hall–Kier alpha value is -2.63. The van der Waals surface area contributed by atoms with E-state index in [1.165, 1.54) is 4.90 Å². The number of nitrogens with one attached hydrogen (secondary N) is 1. The van der Waals surface area contributed by atoms with E-state index in [2.05, 4.69) is 17.5 Å². The molecular formula is C24H29N3O3. The van der Waals surface area contributed by atoms with E-state index in [4.69, 9.17) is 0 Å². The molecule has 2 bridgehead atoms. The predicted octanol–water partition coefficient (Wildman–Crippen LogP) is 2.95. The van der Waals surface area contributed by atoms with Gasteiger partial charge in [0.25, 0.3) is 0 Å². The van der Waals surface area contributed by atoms with Crippen LogP contribution in [0.15, 0.2) is 42.5 Å². The van der Waals surface area contributed by atoms with Crippen molar-refractivity contribution in [2.75, 3.05) is 13.1 Å². The molecule has 1 aromatic carbocycles. The van der Waals surface area contributed by atoms with Crippen LogP contribution in [0.1, 0.15) is 37.7 Å². The third kappa shape index (κ3) is 3.32. The molecule has 4 amide bonds. The summed E-state index contributed by atoms with van der Waals surface area (Å²) in [4.78, 5) is 43.1. The molecule has 3 aliphatic carbocycles. The van der Waals surface area contributed by atoms with E-state index < -0.39 is 6.17 Å². The van der Waals surface area contributed by atoms with Crippen molar-refractivity contribution in [1.29, 1.82) is 0 Å². The summed E-state index contributed by atoms with van der Waals surface area (Å²) < 4.78 is 0. The van der Waals surface area contributed by atoms with E-state index in [0.717, 1.165) is 50.8 Å². The van der Waals surface area contributed by atoms with Crippen LogP contribution in [-0.2, 0) is 16.0 Å². The molecule has 0 aromatic heterocycles. The molecule has 6 heteroatoms. The van der Waals surface area contributed by atoms with Gasteiger partial charge in [-0.3, -0.25) is 14.5 Å². The zero-order valence-corrected chi connectivity index (χ0v) is 17.2. The Morgan fingerprint density at radius 3 is 2.10 bits per heavy atom. The third-order valence-corrected chi connectivity index (χ3v) is 7.31. The maximum absolute atomic E-state index is 13.4. The lowest BCUT2D eigenvalue weighted by atomic mass is 9.63. The fraction of sp³-hybridized carbons (Fsp3) is 0.542. The van der Waals surface area contributed by atoms with Crippen molar-refractivity contribution in [2.24, 2.45) is 23.7 Å². The topological polar surface area (TPSA) is 69.7 Å². The van der Waals surface area contributed by atoms with Gasteiger partial charge in [0.2, 0.25) is 11.8 Å². The van der Waals surface area contributed by atoms with Crippen LogP contribution in [0, 0.1) is 23.7 Å². The molecule has 2 aliphatic heterocycles. The lowest BCUT2D eigenvalue weighted by Gasteiger charge is -2.38. The summed E-state index contributed by atoms with van der Waals surface area (Å²) in [6.07, 6.45) is 9.11. The summed E-state index contributed by atoms with van der Waals surface area (Å²) >= 11 is 0. The van der Waals surface area contributed by atoms with E-state index >= 15 is 0 Å². The van der Waals surface area contributed by atoms with Gasteiger partial charge in [0.15, 0.2) is 0 Å². The van der Waals surface area contributed by atoms with Crippen LogP contribution < -0.4 is 5.32 Å². The number of benzene rings is 1. The van der Waals surface area contributed by atoms with Crippen molar-refractivity contribution in [3.63, 3.8) is 0 Å². The number of hydrogen-bond donors (Lipinski definition) is 1. The quantitative estimate of drug-likeness (QED) is 0.616. The Kier molecular flexibility index (Phi) is 5.09. The van der Waals surface area contributed by atoms with Crippen molar-refractivity contribution >= 4 is 17.8 Å². The van der Waals surface area contributed by atoms with Crippen molar-refractivity contribution in [3.05, 3.63) is 48.0 Å². The molecule has 0 radical (unpaired) electrons. The number of urea groups is 1. The van der Waals surface area contributed by atoms with E-state index in [1.807, 2.05) is 35.2 Å². The smallest absolute Gasteiger partial charge is 0.319 e. The number of likely N-dealkylation sites (tertiary alicyclic amines) is 2. The van der Waals surface area contributed by atoms with Gasteiger partial charge in [0, 0.05) is 19.5 Å². The van der Waals surface area contributed by atoms with Gasteiger partial charge < -0.3 is 10.2 Å². The van der Waals surface area contributed by atoms with Crippen LogP contribution in [0.4, 0.5) is 4.79 Å². The number of allylic oxidation sites excluding steroid dienone is 2. The van der Waals surface area contributed by atoms with Crippen LogP contribution in [0.3, 0.4) is 0 Å². The number of imide groups is 1. The second-order valence-corrected chi connectivity index (χ2v) is 9.09. The average molecular weight is 408 g/mol. The standard InChI is InChI=1S/C24H29N3O3/c28-22-20-17-9-10-18(12-11-17)21(20)23(29)27(22)19(15-16-7-3-1-4-8-16)25-24(30)26-13-5-2-6-14-26/h1,3-4,7-10,17-21H,2,5-6,11-15H2,(H,25,30)/t17-,18-,19-,20-,21+/m0/s1. The van der Waals surface area contributed by atoms with E-state index in [9.17, 15) is 14.4 Å². The molecule has 1 aromatic rings. The molecule has 6 nitrogen and oxygen atoms in total. The average Bonchev–Trinajstić information content (AvgIpc) is 3.08. The highest BCUT2D eigenvalue weighted by atomic mass is 16.2. The number of carbonyl (C=O) groups excluding carboxylic acids is 3. The second-order valence-electron chi connectivity index (χ2n) is 9.09. The fourth-order valence-corrected chi connectivity index (χ4v) is 5.78. The lowest BCUT2D eigenvalue weighted by Crippen LogP contribution is -2.56. The first kappa shape index (κ1) is 19.3. The molecule has 0 unspecified atom stereocenters. The Labute approximate surface area is 177 Å². The molecular weight excluding hydrogens is 378 g/mol. The van der Waals surface area contributed by atoms with Crippen LogP contribution in [0.2, 0.25) is 0 Å². The molecule has 3 fully saturated rings. The maximum Gasteiger partial charge on any atom is 0.319 e. The van der Waals surface area contributed by atoms with Gasteiger partial charge >= 0.3 is 6.03 Å². The minimum absolute atomic E-state index is 0.107. The Morgan fingerprint density at radius 1 is 0.933 bits per heavy atom. The Balaban J connectivity index is 1.41. The first-order valence-electron chi connectivity index (χ1n) is 11.3. The summed E-state index contributed by atoms with van der Waals surface area (Å²) in [5.74, 6) is -0.432. The second kappa shape index (κ2) is 7.89. The number of hydrogen-bond acceptors (Lipinski definition) is 3. The highest BCUT2D eigenvalue weighted by Crippen LogP contribution is 2.50. The molecule has 1 saturated carbocycles. The minimum atomic E-state index is -0.646. The van der Waals surface area contributed by atoms with Crippen LogP contribution in [-0.4, -0.2) is 46.9 Å². The molecule has 0 spiro atoms. The summed E-state index contributed by atoms with van der Waals surface area (Å²) in [7, 11) is 0. The van der Waals surface area contributed by atoms with E-state index in [-0.39, 0.29) is 41.5 Å². The highest BCUT2D eigenvalue weighted by molar-refractivity contribution is 6.06. The number of nitrogens with zero attached hydrogens (tertiary/aromatic N) is 2. The molecule has 5 atom stereocenters. The number of carbonyl (C=O) groups is 3. The number of rotatable bonds is 4. The summed E-state index contributed by atoms with van der Waals surface area (Å²) in [6, 6.07) is 9.60. The number of amides is 4. The Morgan fingerprint density at radius 2 is 1.53 bits per heavy atom. The Bertz CT molecular complexity index is 830. The normalized spacial score (nSPS) is 31.1. The first-order chi connectivity index (χ1) is 14.6. The van der Waals surface area contributed by atoms with Gasteiger partial charge in [-0.05, 0) is 49.5 Å². The van der Waals surface area contributed by atoms with Gasteiger partial charge in [0.05, 0.1) is 11.8 Å². The molecule has 158 valence electrons. The maximum atomic E-state index is 13.4. The van der Waals surface area contributed by atoms with Gasteiger partial charge in [-0.25, -0.2) is 4.79 Å². The highest BCUT2D eigenvalue weighted by Gasteiger charge is 2.58. The largest absolute Gasteiger partial charge is 0.325 e. The summed E-state index contributed by atoms with van der Waals surface area (Å²) in [5, 5.41) is 3.05. The summed E-state index contributed by atoms with van der Waals surface area (Å²) in [5.41, 5.74) is 0.998. The molecule has 1 N–H and O–H groups in total. The van der Waals surface area contributed by atoms with E-state index in [0.29, 0.717) is 6.42 Å². The van der Waals surface area contributed by atoms with Gasteiger partial charge in [-0.2, -0.15) is 0 Å². The van der Waals surface area contributed by atoms with Crippen LogP contribution in [0.5, 0.6) is 0 Å². The van der Waals surface area contributed by atoms with Crippen molar-refractivity contribution in [3.8, 4) is 0 Å². The van der Waals surface area contributed by atoms with Crippen molar-refractivity contribution < 1.29 is 14.4 Å². The zero-order valence-electron chi connectivity index (χ0n) is 17.2. The van der Waals surface area contributed by atoms with Crippen LogP contribution in [0.25, 0.3) is 0 Å². The first-order valence-corrected chi connectivity index (χ1v) is 11.3. The van der Waals surface area contributed by atoms with Crippen molar-refractivity contribution in [1.82, 2.24) is 15.1 Å². The number of fused-ring (bicyclic) bond motifs is 1. The summed E-state index contributed by atoms with van der Waals surface area (Å²) in [6.45, 7) is 1.45. The molecule has 6 rings (SSSR count). The molecule has 30 heavy (non-hydrogen) atoms. The lowest BCUT2D eigenvalue weighted by molar-refractivity contribution is -0.143. The van der Waals surface area contributed by atoms with E-state index in [1.54, 1.807) is 0 Å². The third-order valence-electron chi connectivity index (χ3n) is 7.31. The molecule has 5 aliphatic rings. The minimum Gasteiger partial charge on any atom is -0.325 e. The fourth-order valence-electron chi connectivity index (χ4n) is 5.78. The molecule has 2 heterocycles. The van der Waals surface area contributed by atoms with Crippen molar-refractivity contribution in [2.45, 2.75) is 44.7 Å². The predicted molar refractivity (Wildman–Crippen MR) is 112 cm³/mol. The van der Waals surface area contributed by atoms with Gasteiger partial charge in [-0.15, -0.1) is 0 Å². The molecule has 2 saturated heterocycles. The van der Waals surface area contributed by atoms with Crippen LogP contribution >= 0.6 is 0 Å². The SMILES string of the molecule is O=C(N[C@H](Cc1ccccc1)N1C(=O)[C@@H]2[C@H](C1=O)[C@H]1C=C[C@H]2CC1)N1CCCCC1. The number of piperidine rings is 1. The van der Waals surface area contributed by atoms with Gasteiger partial charge in [-0.1, -0.05) is 42.5 Å². The zero-order chi connectivity index (χ0) is 20.7.